The first-order valence-corrected chi connectivity index (χ1v) is 9.57. The fourth-order valence-corrected chi connectivity index (χ4v) is 5.85. The third-order valence-electron chi connectivity index (χ3n) is 3.30. The normalized spacial score (nSPS) is 24.5. The van der Waals surface area contributed by atoms with Crippen molar-refractivity contribution >= 4 is 25.8 Å². The predicted octanol–water partition coefficient (Wildman–Crippen LogP) is -1.08. The summed E-state index contributed by atoms with van der Waals surface area (Å²) in [7, 11) is -7.85. The molecule has 1 aromatic rings. The maximum atomic E-state index is 12.6. The molecule has 1 saturated heterocycles. The van der Waals surface area contributed by atoms with E-state index in [9.17, 15) is 26.7 Å². The summed E-state index contributed by atoms with van der Waals surface area (Å²) in [6.45, 7) is -0.922. The highest BCUT2D eigenvalue weighted by molar-refractivity contribution is 7.92. The van der Waals surface area contributed by atoms with Crippen LogP contribution in [0.1, 0.15) is 0 Å². The van der Waals surface area contributed by atoms with Crippen LogP contribution in [0, 0.1) is 0 Å². The predicted molar refractivity (Wildman–Crippen MR) is 76.4 cm³/mol. The van der Waals surface area contributed by atoms with E-state index >= 15 is 0 Å². The van der Waals surface area contributed by atoms with Gasteiger partial charge in [0.15, 0.2) is 9.84 Å². The second-order valence-corrected chi connectivity index (χ2v) is 9.01. The SMILES string of the molecule is O=C(O)CN([C@@H]1CS(=O)(=O)C[C@@H]1O)S(=O)(=O)c1ccccc1. The van der Waals surface area contributed by atoms with Crippen LogP contribution < -0.4 is 0 Å². The van der Waals surface area contributed by atoms with Crippen molar-refractivity contribution in [1.29, 1.82) is 0 Å². The van der Waals surface area contributed by atoms with E-state index in [1.807, 2.05) is 0 Å². The molecule has 0 radical (unpaired) electrons. The van der Waals surface area contributed by atoms with E-state index in [1.165, 1.54) is 24.3 Å². The number of sulfone groups is 1. The number of hydrogen-bond acceptors (Lipinski definition) is 6. The van der Waals surface area contributed by atoms with Crippen LogP contribution in [0.2, 0.25) is 0 Å². The quantitative estimate of drug-likeness (QED) is 0.691. The molecule has 0 bridgehead atoms. The van der Waals surface area contributed by atoms with Crippen LogP contribution in [-0.2, 0) is 24.7 Å². The molecular formula is C12H15NO7S2. The summed E-state index contributed by atoms with van der Waals surface area (Å²) < 4.78 is 48.8. The van der Waals surface area contributed by atoms with Crippen molar-refractivity contribution in [3.63, 3.8) is 0 Å². The molecule has 1 aliphatic rings. The first-order valence-electron chi connectivity index (χ1n) is 6.31. The van der Waals surface area contributed by atoms with Crippen LogP contribution in [0.25, 0.3) is 0 Å². The Balaban J connectivity index is 2.45. The molecule has 2 atom stereocenters. The van der Waals surface area contributed by atoms with Crippen molar-refractivity contribution in [2.45, 2.75) is 17.0 Å². The molecule has 0 saturated carbocycles. The lowest BCUT2D eigenvalue weighted by molar-refractivity contribution is -0.137. The lowest BCUT2D eigenvalue weighted by Crippen LogP contribution is -2.48. The zero-order valence-electron chi connectivity index (χ0n) is 11.4. The van der Waals surface area contributed by atoms with Crippen LogP contribution in [0.15, 0.2) is 35.2 Å². The topological polar surface area (TPSA) is 129 Å². The molecule has 10 heteroatoms. The van der Waals surface area contributed by atoms with Gasteiger partial charge in [-0.1, -0.05) is 18.2 Å². The van der Waals surface area contributed by atoms with Gasteiger partial charge in [-0.3, -0.25) is 4.79 Å². The molecule has 0 unspecified atom stereocenters. The zero-order chi connectivity index (χ0) is 16.5. The van der Waals surface area contributed by atoms with Gasteiger partial charge in [0.2, 0.25) is 10.0 Å². The van der Waals surface area contributed by atoms with E-state index in [0.717, 1.165) is 0 Å². The molecule has 1 aromatic carbocycles. The summed E-state index contributed by atoms with van der Waals surface area (Å²) in [5.74, 6) is -2.62. The number of nitrogens with zero attached hydrogens (tertiary/aromatic N) is 1. The summed E-state index contributed by atoms with van der Waals surface area (Å²) in [5.41, 5.74) is 0. The summed E-state index contributed by atoms with van der Waals surface area (Å²) in [6.07, 6.45) is -1.46. The van der Waals surface area contributed by atoms with Gasteiger partial charge >= 0.3 is 5.97 Å². The number of hydrogen-bond donors (Lipinski definition) is 2. The molecule has 1 aliphatic heterocycles. The van der Waals surface area contributed by atoms with Gasteiger partial charge in [-0.25, -0.2) is 16.8 Å². The molecular weight excluding hydrogens is 334 g/mol. The summed E-state index contributed by atoms with van der Waals surface area (Å²) >= 11 is 0. The largest absolute Gasteiger partial charge is 0.480 e. The number of aliphatic carboxylic acids is 1. The maximum Gasteiger partial charge on any atom is 0.318 e. The standard InChI is InChI=1S/C12H15NO7S2/c14-11-8-21(17,18)7-10(11)13(6-12(15)16)22(19,20)9-4-2-1-3-5-9/h1-5,10-11,14H,6-8H2,(H,15,16)/t10-,11+/m1/s1. The lowest BCUT2D eigenvalue weighted by atomic mass is 10.2. The molecule has 0 aromatic heterocycles. The average Bonchev–Trinajstić information content (AvgIpc) is 2.69. The number of benzene rings is 1. The van der Waals surface area contributed by atoms with Crippen molar-refractivity contribution in [2.24, 2.45) is 0 Å². The Morgan fingerprint density at radius 3 is 2.27 bits per heavy atom. The van der Waals surface area contributed by atoms with E-state index in [4.69, 9.17) is 5.11 Å². The maximum absolute atomic E-state index is 12.6. The van der Waals surface area contributed by atoms with Gasteiger partial charge in [-0.2, -0.15) is 4.31 Å². The Labute approximate surface area is 128 Å². The Hall–Kier alpha value is -1.49. The van der Waals surface area contributed by atoms with Crippen LogP contribution in [0.5, 0.6) is 0 Å². The van der Waals surface area contributed by atoms with Gasteiger partial charge < -0.3 is 10.2 Å². The van der Waals surface area contributed by atoms with Crippen molar-refractivity contribution in [3.8, 4) is 0 Å². The Morgan fingerprint density at radius 1 is 1.23 bits per heavy atom. The number of aliphatic hydroxyl groups excluding tert-OH is 1. The third-order valence-corrected chi connectivity index (χ3v) is 6.89. The van der Waals surface area contributed by atoms with Gasteiger partial charge in [0.1, 0.15) is 6.54 Å². The van der Waals surface area contributed by atoms with Crippen LogP contribution in [-0.4, -0.2) is 67.5 Å². The highest BCUT2D eigenvalue weighted by Gasteiger charge is 2.45. The molecule has 22 heavy (non-hydrogen) atoms. The second kappa shape index (κ2) is 5.95. The summed E-state index contributed by atoms with van der Waals surface area (Å²) in [6, 6.07) is 5.77. The molecule has 0 aliphatic carbocycles. The fourth-order valence-electron chi connectivity index (χ4n) is 2.33. The minimum absolute atomic E-state index is 0.159. The van der Waals surface area contributed by atoms with Gasteiger partial charge in [-0.05, 0) is 12.1 Å². The molecule has 8 nitrogen and oxygen atoms in total. The zero-order valence-corrected chi connectivity index (χ0v) is 13.0. The summed E-state index contributed by atoms with van der Waals surface area (Å²) in [4.78, 5) is 10.8. The van der Waals surface area contributed by atoms with Crippen LogP contribution in [0.3, 0.4) is 0 Å². The second-order valence-electron chi connectivity index (χ2n) is 4.97. The van der Waals surface area contributed by atoms with Crippen LogP contribution >= 0.6 is 0 Å². The molecule has 1 fully saturated rings. The molecule has 2 N–H and O–H groups in total. The molecule has 0 amide bonds. The number of sulfonamides is 1. The van der Waals surface area contributed by atoms with E-state index in [1.54, 1.807) is 6.07 Å². The van der Waals surface area contributed by atoms with Gasteiger partial charge in [0.05, 0.1) is 28.5 Å². The monoisotopic (exact) mass is 349 g/mol. The van der Waals surface area contributed by atoms with Crippen molar-refractivity contribution in [1.82, 2.24) is 4.31 Å². The first-order chi connectivity index (χ1) is 10.1. The van der Waals surface area contributed by atoms with E-state index in [-0.39, 0.29) is 4.90 Å². The molecule has 2 rings (SSSR count). The Morgan fingerprint density at radius 2 is 1.82 bits per heavy atom. The molecule has 122 valence electrons. The molecule has 0 spiro atoms. The molecule has 1 heterocycles. The number of aliphatic hydroxyl groups is 1. The smallest absolute Gasteiger partial charge is 0.318 e. The number of carboxylic acid groups (broad SMARTS) is 1. The number of rotatable bonds is 5. The van der Waals surface area contributed by atoms with E-state index in [2.05, 4.69) is 0 Å². The van der Waals surface area contributed by atoms with Crippen molar-refractivity contribution in [2.75, 3.05) is 18.1 Å². The number of carbonyl (C=O) groups is 1. The van der Waals surface area contributed by atoms with Crippen LogP contribution in [0.4, 0.5) is 0 Å². The lowest BCUT2D eigenvalue weighted by Gasteiger charge is -2.27. The minimum Gasteiger partial charge on any atom is -0.480 e. The fraction of sp³-hybridized carbons (Fsp3) is 0.417. The van der Waals surface area contributed by atoms with Gasteiger partial charge in [0.25, 0.3) is 0 Å². The third kappa shape index (κ3) is 3.46. The van der Waals surface area contributed by atoms with Gasteiger partial charge in [0, 0.05) is 0 Å². The van der Waals surface area contributed by atoms with E-state index in [0.29, 0.717) is 4.31 Å². The van der Waals surface area contributed by atoms with Gasteiger partial charge in [-0.15, -0.1) is 0 Å². The highest BCUT2D eigenvalue weighted by Crippen LogP contribution is 2.25. The highest BCUT2D eigenvalue weighted by atomic mass is 32.2. The Bertz CT molecular complexity index is 758. The van der Waals surface area contributed by atoms with Crippen molar-refractivity contribution in [3.05, 3.63) is 30.3 Å². The van der Waals surface area contributed by atoms with E-state index < -0.39 is 56.0 Å². The minimum atomic E-state index is -4.23. The number of carboxylic acids is 1. The first kappa shape index (κ1) is 16.9. The van der Waals surface area contributed by atoms with Crippen molar-refractivity contribution < 1.29 is 31.8 Å². The summed E-state index contributed by atoms with van der Waals surface area (Å²) in [5, 5.41) is 18.8. The average molecular weight is 349 g/mol. The Kier molecular flexibility index (Phi) is 4.57.